The molecule has 2 amide bonds. The van der Waals surface area contributed by atoms with Crippen LogP contribution in [0.15, 0.2) is 41.0 Å². The molecule has 0 saturated heterocycles. The van der Waals surface area contributed by atoms with Gasteiger partial charge in [0.25, 0.3) is 11.8 Å². The highest BCUT2D eigenvalue weighted by Gasteiger charge is 2.12. The van der Waals surface area contributed by atoms with Crippen molar-refractivity contribution in [2.24, 2.45) is 0 Å². The number of hydrogen-bond donors (Lipinski definition) is 2. The van der Waals surface area contributed by atoms with E-state index < -0.39 is 0 Å². The molecule has 0 saturated carbocycles. The summed E-state index contributed by atoms with van der Waals surface area (Å²) in [6.07, 6.45) is 1.43. The number of rotatable bonds is 8. The number of furan rings is 1. The molecular formula is C18H22N2O5. The zero-order chi connectivity index (χ0) is 18.2. The minimum absolute atomic E-state index is 0.00588. The summed E-state index contributed by atoms with van der Waals surface area (Å²) in [4.78, 5) is 23.9. The lowest BCUT2D eigenvalue weighted by atomic mass is 10.2. The smallest absolute Gasteiger partial charge is 0.287 e. The van der Waals surface area contributed by atoms with E-state index in [1.165, 1.54) is 13.4 Å². The zero-order valence-electron chi connectivity index (χ0n) is 14.5. The fourth-order valence-corrected chi connectivity index (χ4v) is 2.11. The van der Waals surface area contributed by atoms with E-state index in [1.807, 2.05) is 13.8 Å². The van der Waals surface area contributed by atoms with Crippen LogP contribution in [0.25, 0.3) is 0 Å². The van der Waals surface area contributed by atoms with Gasteiger partial charge in [-0.3, -0.25) is 9.59 Å². The molecule has 7 nitrogen and oxygen atoms in total. The van der Waals surface area contributed by atoms with Crippen molar-refractivity contribution < 1.29 is 23.5 Å². The standard InChI is InChI=1S/C18H22N2O5/c1-12(2)25-14-7-6-13(11-16(14)23-3)17(21)19-8-9-20-18(22)15-5-4-10-24-15/h4-7,10-12H,8-9H2,1-3H3,(H,19,21)(H,20,22). The Morgan fingerprint density at radius 2 is 1.80 bits per heavy atom. The summed E-state index contributed by atoms with van der Waals surface area (Å²) in [7, 11) is 1.52. The van der Waals surface area contributed by atoms with Crippen LogP contribution in [-0.4, -0.2) is 38.1 Å². The van der Waals surface area contributed by atoms with Crippen molar-refractivity contribution in [2.45, 2.75) is 20.0 Å². The lowest BCUT2D eigenvalue weighted by Gasteiger charge is -2.14. The summed E-state index contributed by atoms with van der Waals surface area (Å²) in [5, 5.41) is 5.38. The van der Waals surface area contributed by atoms with E-state index in [9.17, 15) is 9.59 Å². The highest BCUT2D eigenvalue weighted by molar-refractivity contribution is 5.95. The van der Waals surface area contributed by atoms with Crippen molar-refractivity contribution in [1.29, 1.82) is 0 Å². The van der Waals surface area contributed by atoms with Gasteiger partial charge in [-0.1, -0.05) is 0 Å². The summed E-state index contributed by atoms with van der Waals surface area (Å²) >= 11 is 0. The largest absolute Gasteiger partial charge is 0.493 e. The number of ether oxygens (including phenoxy) is 2. The molecule has 0 aliphatic carbocycles. The topological polar surface area (TPSA) is 89.8 Å². The van der Waals surface area contributed by atoms with Crippen LogP contribution in [0, 0.1) is 0 Å². The minimum Gasteiger partial charge on any atom is -0.493 e. The van der Waals surface area contributed by atoms with Gasteiger partial charge in [0.15, 0.2) is 17.3 Å². The summed E-state index contributed by atoms with van der Waals surface area (Å²) < 4.78 is 15.9. The van der Waals surface area contributed by atoms with Crippen molar-refractivity contribution in [3.05, 3.63) is 47.9 Å². The molecule has 0 aliphatic rings. The Kier molecular flexibility index (Phi) is 6.45. The van der Waals surface area contributed by atoms with Crippen LogP contribution >= 0.6 is 0 Å². The van der Waals surface area contributed by atoms with Gasteiger partial charge in [-0.2, -0.15) is 0 Å². The van der Waals surface area contributed by atoms with Crippen LogP contribution in [0.5, 0.6) is 11.5 Å². The fraction of sp³-hybridized carbons (Fsp3) is 0.333. The monoisotopic (exact) mass is 346 g/mol. The van der Waals surface area contributed by atoms with Crippen molar-refractivity contribution in [1.82, 2.24) is 10.6 Å². The second-order valence-corrected chi connectivity index (χ2v) is 5.52. The van der Waals surface area contributed by atoms with Crippen molar-refractivity contribution >= 4 is 11.8 Å². The molecule has 2 aromatic rings. The van der Waals surface area contributed by atoms with E-state index >= 15 is 0 Å². The van der Waals surface area contributed by atoms with E-state index in [4.69, 9.17) is 13.9 Å². The van der Waals surface area contributed by atoms with E-state index in [0.29, 0.717) is 17.1 Å². The number of hydrogen-bond acceptors (Lipinski definition) is 5. The first-order chi connectivity index (χ1) is 12.0. The number of carbonyl (C=O) groups excluding carboxylic acids is 2. The maximum Gasteiger partial charge on any atom is 0.287 e. The predicted molar refractivity (Wildman–Crippen MR) is 92.1 cm³/mol. The zero-order valence-corrected chi connectivity index (χ0v) is 14.5. The molecule has 1 heterocycles. The molecule has 0 spiro atoms. The Labute approximate surface area is 146 Å². The van der Waals surface area contributed by atoms with Crippen LogP contribution in [0.2, 0.25) is 0 Å². The summed E-state index contributed by atoms with van der Waals surface area (Å²) in [6.45, 7) is 4.41. The van der Waals surface area contributed by atoms with Gasteiger partial charge in [0.2, 0.25) is 0 Å². The first-order valence-corrected chi connectivity index (χ1v) is 7.96. The van der Waals surface area contributed by atoms with Crippen molar-refractivity contribution in [3.63, 3.8) is 0 Å². The van der Waals surface area contributed by atoms with E-state index in [0.717, 1.165) is 0 Å². The molecule has 1 aromatic carbocycles. The van der Waals surface area contributed by atoms with Crippen LogP contribution in [0.1, 0.15) is 34.8 Å². The highest BCUT2D eigenvalue weighted by Crippen LogP contribution is 2.28. The van der Waals surface area contributed by atoms with Gasteiger partial charge in [0, 0.05) is 18.7 Å². The molecule has 0 bridgehead atoms. The van der Waals surface area contributed by atoms with Crippen LogP contribution in [0.4, 0.5) is 0 Å². The summed E-state index contributed by atoms with van der Waals surface area (Å²) in [5.41, 5.74) is 0.449. The highest BCUT2D eigenvalue weighted by atomic mass is 16.5. The van der Waals surface area contributed by atoms with Crippen molar-refractivity contribution in [2.75, 3.05) is 20.2 Å². The Balaban J connectivity index is 1.85. The molecule has 7 heteroatoms. The molecule has 134 valence electrons. The maximum absolute atomic E-state index is 12.2. The van der Waals surface area contributed by atoms with Gasteiger partial charge in [-0.25, -0.2) is 0 Å². The Morgan fingerprint density at radius 1 is 1.08 bits per heavy atom. The second kappa shape index (κ2) is 8.77. The van der Waals surface area contributed by atoms with Crippen LogP contribution < -0.4 is 20.1 Å². The van der Waals surface area contributed by atoms with Gasteiger partial charge >= 0.3 is 0 Å². The Bertz CT molecular complexity index is 710. The lowest BCUT2D eigenvalue weighted by molar-refractivity contribution is 0.0910. The van der Waals surface area contributed by atoms with Crippen LogP contribution in [-0.2, 0) is 0 Å². The van der Waals surface area contributed by atoms with Gasteiger partial charge in [-0.05, 0) is 44.2 Å². The Hall–Kier alpha value is -2.96. The number of benzene rings is 1. The Morgan fingerprint density at radius 3 is 2.40 bits per heavy atom. The first kappa shape index (κ1) is 18.4. The predicted octanol–water partition coefficient (Wildman–Crippen LogP) is 2.24. The molecular weight excluding hydrogens is 324 g/mol. The van der Waals surface area contributed by atoms with Gasteiger partial charge < -0.3 is 24.5 Å². The van der Waals surface area contributed by atoms with E-state index in [2.05, 4.69) is 10.6 Å². The number of carbonyl (C=O) groups is 2. The van der Waals surface area contributed by atoms with Crippen LogP contribution in [0.3, 0.4) is 0 Å². The number of nitrogens with one attached hydrogen (secondary N) is 2. The number of methoxy groups -OCH3 is 1. The molecule has 2 rings (SSSR count). The third kappa shape index (κ3) is 5.27. The third-order valence-corrected chi connectivity index (χ3v) is 3.23. The average molecular weight is 346 g/mol. The minimum atomic E-state index is -0.323. The lowest BCUT2D eigenvalue weighted by Crippen LogP contribution is -2.34. The number of amides is 2. The first-order valence-electron chi connectivity index (χ1n) is 7.96. The van der Waals surface area contributed by atoms with Crippen molar-refractivity contribution in [3.8, 4) is 11.5 Å². The van der Waals surface area contributed by atoms with Gasteiger partial charge in [-0.15, -0.1) is 0 Å². The maximum atomic E-state index is 12.2. The van der Waals surface area contributed by atoms with E-state index in [1.54, 1.807) is 30.3 Å². The molecule has 0 fully saturated rings. The second-order valence-electron chi connectivity index (χ2n) is 5.52. The van der Waals surface area contributed by atoms with Gasteiger partial charge in [0.1, 0.15) is 0 Å². The molecule has 25 heavy (non-hydrogen) atoms. The molecule has 0 radical (unpaired) electrons. The summed E-state index contributed by atoms with van der Waals surface area (Å²) in [5.74, 6) is 0.724. The molecule has 1 aromatic heterocycles. The third-order valence-electron chi connectivity index (χ3n) is 3.23. The fourth-order valence-electron chi connectivity index (χ4n) is 2.11. The molecule has 0 atom stereocenters. The van der Waals surface area contributed by atoms with E-state index in [-0.39, 0.29) is 36.8 Å². The quantitative estimate of drug-likeness (QED) is 0.716. The summed E-state index contributed by atoms with van der Waals surface area (Å²) in [6, 6.07) is 8.19. The average Bonchev–Trinajstić information content (AvgIpc) is 3.12. The molecule has 0 aliphatic heterocycles. The van der Waals surface area contributed by atoms with Gasteiger partial charge in [0.05, 0.1) is 19.5 Å². The molecule has 2 N–H and O–H groups in total. The normalized spacial score (nSPS) is 10.4. The SMILES string of the molecule is COc1cc(C(=O)NCCNC(=O)c2ccco2)ccc1OC(C)C. The molecule has 0 unspecified atom stereocenters.